The molecule has 108 valence electrons. The van der Waals surface area contributed by atoms with Crippen molar-refractivity contribution in [3.05, 3.63) is 44.9 Å². The molecule has 1 aromatic carbocycles. The number of benzene rings is 1. The van der Waals surface area contributed by atoms with Crippen LogP contribution in [0.15, 0.2) is 28.7 Å². The van der Waals surface area contributed by atoms with E-state index in [1.165, 1.54) is 22.0 Å². The summed E-state index contributed by atoms with van der Waals surface area (Å²) in [7, 11) is 0. The summed E-state index contributed by atoms with van der Waals surface area (Å²) >= 11 is 5.16. The fourth-order valence-corrected chi connectivity index (χ4v) is 3.49. The van der Waals surface area contributed by atoms with Gasteiger partial charge in [0, 0.05) is 10.5 Å². The van der Waals surface area contributed by atoms with E-state index in [2.05, 4.69) is 62.9 Å². The van der Waals surface area contributed by atoms with Crippen LogP contribution in [0.1, 0.15) is 42.4 Å². The van der Waals surface area contributed by atoms with Gasteiger partial charge in [-0.25, -0.2) is 0 Å². The van der Waals surface area contributed by atoms with Gasteiger partial charge >= 0.3 is 0 Å². The number of halogens is 1. The van der Waals surface area contributed by atoms with E-state index in [1.807, 2.05) is 6.07 Å². The van der Waals surface area contributed by atoms with Crippen LogP contribution in [-0.2, 0) is 12.8 Å². The molecule has 0 aliphatic heterocycles. The molecule has 0 aliphatic rings. The zero-order valence-electron chi connectivity index (χ0n) is 11.9. The lowest BCUT2D eigenvalue weighted by atomic mass is 10.0. The van der Waals surface area contributed by atoms with E-state index in [9.17, 15) is 0 Å². The van der Waals surface area contributed by atoms with E-state index in [0.717, 1.165) is 36.0 Å². The fraction of sp³-hybridized carbons (Fsp3) is 0.467. The molecule has 0 radical (unpaired) electrons. The number of hydrogen-bond acceptors (Lipinski definition) is 4. The van der Waals surface area contributed by atoms with Crippen LogP contribution < -0.4 is 5.32 Å². The number of nitrogens with zero attached hydrogens (tertiary/aromatic N) is 2. The van der Waals surface area contributed by atoms with E-state index in [1.54, 1.807) is 0 Å². The lowest BCUT2D eigenvalue weighted by molar-refractivity contribution is 0.551. The first kappa shape index (κ1) is 15.6. The number of nitrogens with one attached hydrogen (secondary N) is 1. The highest BCUT2D eigenvalue weighted by Gasteiger charge is 2.19. The number of hydrogen-bond donors (Lipinski definition) is 1. The number of aromatic nitrogens is 2. The molecule has 0 amide bonds. The minimum Gasteiger partial charge on any atom is -0.309 e. The second-order valence-corrected chi connectivity index (χ2v) is 6.38. The van der Waals surface area contributed by atoms with Gasteiger partial charge in [-0.15, -0.1) is 5.10 Å². The first-order chi connectivity index (χ1) is 9.76. The molecule has 0 bridgehead atoms. The predicted molar refractivity (Wildman–Crippen MR) is 88.2 cm³/mol. The van der Waals surface area contributed by atoms with Crippen LogP contribution in [0, 0.1) is 0 Å². The van der Waals surface area contributed by atoms with Gasteiger partial charge in [0.25, 0.3) is 0 Å². The molecule has 1 unspecified atom stereocenters. The van der Waals surface area contributed by atoms with Crippen molar-refractivity contribution in [1.82, 2.24) is 14.9 Å². The van der Waals surface area contributed by atoms with E-state index in [-0.39, 0.29) is 0 Å². The van der Waals surface area contributed by atoms with Crippen molar-refractivity contribution in [1.29, 1.82) is 0 Å². The van der Waals surface area contributed by atoms with Gasteiger partial charge in [-0.3, -0.25) is 0 Å². The van der Waals surface area contributed by atoms with Gasteiger partial charge in [-0.05, 0) is 42.5 Å². The lowest BCUT2D eigenvalue weighted by Crippen LogP contribution is -2.23. The quantitative estimate of drug-likeness (QED) is 0.812. The van der Waals surface area contributed by atoms with Crippen LogP contribution in [0.4, 0.5) is 0 Å². The summed E-state index contributed by atoms with van der Waals surface area (Å²) in [5, 5.41) is 7.86. The highest BCUT2D eigenvalue weighted by atomic mass is 79.9. The Balaban J connectivity index is 2.22. The number of rotatable bonds is 7. The molecule has 0 saturated carbocycles. The highest BCUT2D eigenvalue weighted by molar-refractivity contribution is 9.10. The Labute approximate surface area is 133 Å². The molecular weight excluding hydrogens is 334 g/mol. The molecule has 2 aromatic rings. The Morgan fingerprint density at radius 2 is 2.10 bits per heavy atom. The van der Waals surface area contributed by atoms with Gasteiger partial charge in [0.15, 0.2) is 0 Å². The van der Waals surface area contributed by atoms with Crippen molar-refractivity contribution in [3.63, 3.8) is 0 Å². The standard InChI is InChI=1S/C15H20BrN3S/c1-3-7-13-15(20-19-18-13)14(17-4-2)10-11-8-5-6-9-12(11)16/h5-6,8-9,14,17H,3-4,7,10H2,1-2H3. The van der Waals surface area contributed by atoms with Crippen LogP contribution >= 0.6 is 27.5 Å². The van der Waals surface area contributed by atoms with Gasteiger partial charge < -0.3 is 5.32 Å². The van der Waals surface area contributed by atoms with Crippen LogP contribution in [-0.4, -0.2) is 16.1 Å². The molecule has 20 heavy (non-hydrogen) atoms. The van der Waals surface area contributed by atoms with Gasteiger partial charge in [-0.2, -0.15) is 0 Å². The monoisotopic (exact) mass is 353 g/mol. The first-order valence-electron chi connectivity index (χ1n) is 7.04. The topological polar surface area (TPSA) is 37.8 Å². The van der Waals surface area contributed by atoms with Crippen molar-refractivity contribution in [2.24, 2.45) is 0 Å². The molecule has 1 heterocycles. The summed E-state index contributed by atoms with van der Waals surface area (Å²) in [6.45, 7) is 5.26. The highest BCUT2D eigenvalue weighted by Crippen LogP contribution is 2.27. The number of aryl methyl sites for hydroxylation is 1. The second-order valence-electron chi connectivity index (χ2n) is 4.74. The Hall–Kier alpha value is -0.780. The SMILES string of the molecule is CCCc1nnsc1C(Cc1ccccc1Br)NCC. The number of likely N-dealkylation sites (N-methyl/N-ethyl adjacent to an activating group) is 1. The molecular formula is C15H20BrN3S. The zero-order chi connectivity index (χ0) is 14.4. The van der Waals surface area contributed by atoms with E-state index < -0.39 is 0 Å². The average Bonchev–Trinajstić information content (AvgIpc) is 2.89. The van der Waals surface area contributed by atoms with E-state index in [0.29, 0.717) is 6.04 Å². The average molecular weight is 354 g/mol. The van der Waals surface area contributed by atoms with Gasteiger partial charge in [-0.1, -0.05) is 58.9 Å². The predicted octanol–water partition coefficient (Wildman–Crippen LogP) is 4.15. The summed E-state index contributed by atoms with van der Waals surface area (Å²) < 4.78 is 5.31. The molecule has 1 aromatic heterocycles. The molecule has 0 saturated heterocycles. The minimum absolute atomic E-state index is 0.292. The van der Waals surface area contributed by atoms with Crippen LogP contribution in [0.25, 0.3) is 0 Å². The van der Waals surface area contributed by atoms with Crippen molar-refractivity contribution in [2.75, 3.05) is 6.54 Å². The third-order valence-corrected chi connectivity index (χ3v) is 4.87. The molecule has 5 heteroatoms. The molecule has 1 atom stereocenters. The van der Waals surface area contributed by atoms with Gasteiger partial charge in [0.1, 0.15) is 0 Å². The Kier molecular flexibility index (Phi) is 6.13. The van der Waals surface area contributed by atoms with Crippen molar-refractivity contribution in [3.8, 4) is 0 Å². The molecule has 2 rings (SSSR count). The van der Waals surface area contributed by atoms with Crippen LogP contribution in [0.5, 0.6) is 0 Å². The maximum Gasteiger partial charge on any atom is 0.0803 e. The maximum atomic E-state index is 4.29. The van der Waals surface area contributed by atoms with Crippen molar-refractivity contribution in [2.45, 2.75) is 39.2 Å². The van der Waals surface area contributed by atoms with Crippen molar-refractivity contribution >= 4 is 27.5 Å². The van der Waals surface area contributed by atoms with Crippen LogP contribution in [0.2, 0.25) is 0 Å². The Morgan fingerprint density at radius 3 is 2.80 bits per heavy atom. The molecule has 1 N–H and O–H groups in total. The van der Waals surface area contributed by atoms with Gasteiger partial charge in [0.2, 0.25) is 0 Å². The zero-order valence-corrected chi connectivity index (χ0v) is 14.3. The third-order valence-electron chi connectivity index (χ3n) is 3.22. The summed E-state index contributed by atoms with van der Waals surface area (Å²) in [6, 6.07) is 8.69. The summed E-state index contributed by atoms with van der Waals surface area (Å²) in [5.74, 6) is 0. The maximum absolute atomic E-state index is 4.29. The molecule has 0 fully saturated rings. The Bertz CT molecular complexity index is 541. The minimum atomic E-state index is 0.292. The largest absolute Gasteiger partial charge is 0.309 e. The van der Waals surface area contributed by atoms with Gasteiger partial charge in [0.05, 0.1) is 10.6 Å². The summed E-state index contributed by atoms with van der Waals surface area (Å²) in [5.41, 5.74) is 2.46. The molecule has 0 spiro atoms. The second kappa shape index (κ2) is 7.86. The fourth-order valence-electron chi connectivity index (χ4n) is 2.28. The smallest absolute Gasteiger partial charge is 0.0803 e. The van der Waals surface area contributed by atoms with Crippen LogP contribution in [0.3, 0.4) is 0 Å². The molecule has 3 nitrogen and oxygen atoms in total. The normalized spacial score (nSPS) is 12.6. The summed E-state index contributed by atoms with van der Waals surface area (Å²) in [4.78, 5) is 1.28. The summed E-state index contributed by atoms with van der Waals surface area (Å²) in [6.07, 6.45) is 3.06. The van der Waals surface area contributed by atoms with E-state index in [4.69, 9.17) is 0 Å². The lowest BCUT2D eigenvalue weighted by Gasteiger charge is -2.18. The van der Waals surface area contributed by atoms with E-state index >= 15 is 0 Å². The first-order valence-corrected chi connectivity index (χ1v) is 8.60. The molecule has 0 aliphatic carbocycles. The third kappa shape index (κ3) is 3.87. The Morgan fingerprint density at radius 1 is 1.30 bits per heavy atom. The van der Waals surface area contributed by atoms with Crippen molar-refractivity contribution < 1.29 is 0 Å².